The van der Waals surface area contributed by atoms with Crippen molar-refractivity contribution >= 4 is 0 Å². The summed E-state index contributed by atoms with van der Waals surface area (Å²) in [6.45, 7) is 6.18. The zero-order valence-electron chi connectivity index (χ0n) is 8.09. The van der Waals surface area contributed by atoms with Crippen LogP contribution in [0.5, 0.6) is 0 Å². The molecule has 0 amide bonds. The van der Waals surface area contributed by atoms with Gasteiger partial charge in [-0.1, -0.05) is 0 Å². The minimum Gasteiger partial charge on any atom is -0.388 e. The summed E-state index contributed by atoms with van der Waals surface area (Å²) in [5.74, 6) is 0. The van der Waals surface area contributed by atoms with Crippen molar-refractivity contribution in [3.05, 3.63) is 0 Å². The molecule has 0 aliphatic carbocycles. The lowest BCUT2D eigenvalue weighted by Crippen LogP contribution is -2.57. The van der Waals surface area contributed by atoms with E-state index in [-0.39, 0.29) is 5.54 Å². The summed E-state index contributed by atoms with van der Waals surface area (Å²) in [6, 6.07) is 0. The molecule has 1 fully saturated rings. The van der Waals surface area contributed by atoms with Crippen LogP contribution in [-0.2, 0) is 0 Å². The summed E-state index contributed by atoms with van der Waals surface area (Å²) < 4.78 is 0. The van der Waals surface area contributed by atoms with Crippen LogP contribution in [0, 0.1) is 0 Å². The van der Waals surface area contributed by atoms with Gasteiger partial charge >= 0.3 is 0 Å². The molecule has 72 valence electrons. The van der Waals surface area contributed by atoms with E-state index < -0.39 is 11.7 Å². The van der Waals surface area contributed by atoms with Crippen molar-refractivity contribution in [1.82, 2.24) is 5.32 Å². The Bertz CT molecular complexity index is 156. The van der Waals surface area contributed by atoms with Crippen molar-refractivity contribution in [3.63, 3.8) is 0 Å². The van der Waals surface area contributed by atoms with Gasteiger partial charge in [-0.25, -0.2) is 0 Å². The maximum absolute atomic E-state index is 9.83. The molecule has 0 aromatic carbocycles. The van der Waals surface area contributed by atoms with Gasteiger partial charge in [0, 0.05) is 5.54 Å². The van der Waals surface area contributed by atoms with Crippen molar-refractivity contribution in [2.75, 3.05) is 6.54 Å². The first-order valence-electron chi connectivity index (χ1n) is 4.52. The Kier molecular flexibility index (Phi) is 2.47. The van der Waals surface area contributed by atoms with Crippen molar-refractivity contribution in [3.8, 4) is 0 Å². The smallest absolute Gasteiger partial charge is 0.0999 e. The van der Waals surface area contributed by atoms with E-state index in [0.717, 1.165) is 19.4 Å². The molecule has 12 heavy (non-hydrogen) atoms. The normalized spacial score (nSPS) is 33.8. The molecule has 1 saturated heterocycles. The Hall–Kier alpha value is -0.120. The number of nitrogens with one attached hydrogen (secondary N) is 1. The molecule has 0 aromatic heterocycles. The largest absolute Gasteiger partial charge is 0.388 e. The molecule has 1 rings (SSSR count). The van der Waals surface area contributed by atoms with Crippen molar-refractivity contribution in [1.29, 1.82) is 0 Å². The minimum atomic E-state index is -1.02. The molecule has 1 aliphatic heterocycles. The molecule has 3 N–H and O–H groups in total. The van der Waals surface area contributed by atoms with Crippen LogP contribution < -0.4 is 5.32 Å². The van der Waals surface area contributed by atoms with Gasteiger partial charge in [-0.15, -0.1) is 0 Å². The Morgan fingerprint density at radius 2 is 2.08 bits per heavy atom. The summed E-state index contributed by atoms with van der Waals surface area (Å²) in [6.07, 6.45) is 1.30. The first-order chi connectivity index (χ1) is 5.36. The summed E-state index contributed by atoms with van der Waals surface area (Å²) in [5.41, 5.74) is -1.33. The van der Waals surface area contributed by atoms with Crippen molar-refractivity contribution in [2.45, 2.75) is 50.9 Å². The fourth-order valence-corrected chi connectivity index (χ4v) is 1.93. The molecule has 3 nitrogen and oxygen atoms in total. The molecular weight excluding hydrogens is 154 g/mol. The molecule has 0 bridgehead atoms. The SMILES string of the molecule is CC(C)(O)[C@H](O)[C@]1(C)CCCN1. The average molecular weight is 173 g/mol. The summed E-state index contributed by atoms with van der Waals surface area (Å²) in [5, 5.41) is 22.7. The zero-order chi connectivity index (χ0) is 9.41. The monoisotopic (exact) mass is 173 g/mol. The van der Waals surface area contributed by atoms with Crippen LogP contribution in [0.2, 0.25) is 0 Å². The van der Waals surface area contributed by atoms with Gasteiger partial charge in [0.05, 0.1) is 11.7 Å². The maximum Gasteiger partial charge on any atom is 0.0999 e. The lowest BCUT2D eigenvalue weighted by Gasteiger charge is -2.37. The fraction of sp³-hybridized carbons (Fsp3) is 1.00. The van der Waals surface area contributed by atoms with Crippen LogP contribution in [-0.4, -0.2) is 34.0 Å². The van der Waals surface area contributed by atoms with Crippen LogP contribution >= 0.6 is 0 Å². The van der Waals surface area contributed by atoms with E-state index in [4.69, 9.17) is 0 Å². The van der Waals surface area contributed by atoms with Crippen LogP contribution in [0.3, 0.4) is 0 Å². The topological polar surface area (TPSA) is 52.5 Å². The van der Waals surface area contributed by atoms with E-state index in [2.05, 4.69) is 5.32 Å². The quantitative estimate of drug-likeness (QED) is 0.561. The molecule has 0 spiro atoms. The van der Waals surface area contributed by atoms with E-state index in [0.29, 0.717) is 0 Å². The Morgan fingerprint density at radius 1 is 1.50 bits per heavy atom. The van der Waals surface area contributed by atoms with Crippen molar-refractivity contribution < 1.29 is 10.2 Å². The van der Waals surface area contributed by atoms with Gasteiger partial charge in [0.2, 0.25) is 0 Å². The lowest BCUT2D eigenvalue weighted by molar-refractivity contribution is -0.0863. The Labute approximate surface area is 73.8 Å². The molecule has 0 radical (unpaired) electrons. The van der Waals surface area contributed by atoms with E-state index in [9.17, 15) is 10.2 Å². The second-order valence-corrected chi connectivity index (χ2v) is 4.50. The van der Waals surface area contributed by atoms with Crippen LogP contribution in [0.4, 0.5) is 0 Å². The van der Waals surface area contributed by atoms with E-state index in [1.54, 1.807) is 13.8 Å². The first-order valence-corrected chi connectivity index (χ1v) is 4.52. The highest BCUT2D eigenvalue weighted by Crippen LogP contribution is 2.28. The molecular formula is C9H19NO2. The van der Waals surface area contributed by atoms with Crippen molar-refractivity contribution in [2.24, 2.45) is 0 Å². The second-order valence-electron chi connectivity index (χ2n) is 4.50. The molecule has 0 unspecified atom stereocenters. The van der Waals surface area contributed by atoms with Gasteiger partial charge < -0.3 is 15.5 Å². The molecule has 3 heteroatoms. The van der Waals surface area contributed by atoms with Gasteiger partial charge in [-0.05, 0) is 40.2 Å². The highest BCUT2D eigenvalue weighted by molar-refractivity contribution is 5.00. The van der Waals surface area contributed by atoms with E-state index in [1.807, 2.05) is 6.92 Å². The lowest BCUT2D eigenvalue weighted by atomic mass is 9.83. The number of aliphatic hydroxyl groups is 2. The molecule has 0 saturated carbocycles. The fourth-order valence-electron chi connectivity index (χ4n) is 1.93. The molecule has 2 atom stereocenters. The third kappa shape index (κ3) is 1.79. The highest BCUT2D eigenvalue weighted by atomic mass is 16.3. The van der Waals surface area contributed by atoms with Crippen LogP contribution in [0.15, 0.2) is 0 Å². The third-order valence-corrected chi connectivity index (χ3v) is 2.67. The highest BCUT2D eigenvalue weighted by Gasteiger charge is 2.43. The van der Waals surface area contributed by atoms with E-state index in [1.165, 1.54) is 0 Å². The molecule has 0 aromatic rings. The number of rotatable bonds is 2. The molecule has 1 aliphatic rings. The average Bonchev–Trinajstić information content (AvgIpc) is 2.34. The van der Waals surface area contributed by atoms with Gasteiger partial charge in [0.15, 0.2) is 0 Å². The van der Waals surface area contributed by atoms with E-state index >= 15 is 0 Å². The Morgan fingerprint density at radius 3 is 2.42 bits per heavy atom. The van der Waals surface area contributed by atoms with Crippen LogP contribution in [0.1, 0.15) is 33.6 Å². The number of aliphatic hydroxyl groups excluding tert-OH is 1. The first kappa shape index (κ1) is 9.96. The standard InChI is InChI=1S/C9H19NO2/c1-8(2,12)7(11)9(3)5-4-6-10-9/h7,10-12H,4-6H2,1-3H3/t7-,9-/m0/s1. The second kappa shape index (κ2) is 2.98. The van der Waals surface area contributed by atoms with Gasteiger partial charge in [0.25, 0.3) is 0 Å². The summed E-state index contributed by atoms with van der Waals surface area (Å²) >= 11 is 0. The van der Waals surface area contributed by atoms with Gasteiger partial charge in [-0.2, -0.15) is 0 Å². The van der Waals surface area contributed by atoms with Gasteiger partial charge in [0.1, 0.15) is 0 Å². The molecule has 1 heterocycles. The maximum atomic E-state index is 9.83. The number of hydrogen-bond acceptors (Lipinski definition) is 3. The predicted molar refractivity (Wildman–Crippen MR) is 47.9 cm³/mol. The van der Waals surface area contributed by atoms with Crippen LogP contribution in [0.25, 0.3) is 0 Å². The summed E-state index contributed by atoms with van der Waals surface area (Å²) in [4.78, 5) is 0. The third-order valence-electron chi connectivity index (χ3n) is 2.67. The minimum absolute atomic E-state index is 0.307. The van der Waals surface area contributed by atoms with Gasteiger partial charge in [-0.3, -0.25) is 0 Å². The zero-order valence-corrected chi connectivity index (χ0v) is 8.09. The number of hydrogen-bond donors (Lipinski definition) is 3. The Balaban J connectivity index is 2.68. The summed E-state index contributed by atoms with van der Waals surface area (Å²) in [7, 11) is 0. The predicted octanol–water partition coefficient (Wildman–Crippen LogP) is 0.260.